The summed E-state index contributed by atoms with van der Waals surface area (Å²) in [5, 5.41) is 0. The number of rotatable bonds is 4. The van der Waals surface area contributed by atoms with Crippen molar-refractivity contribution in [3.63, 3.8) is 0 Å². The van der Waals surface area contributed by atoms with Crippen molar-refractivity contribution in [3.05, 3.63) is 56.8 Å². The number of aryl methyl sites for hydroxylation is 2. The molecule has 8 heteroatoms. The zero-order valence-electron chi connectivity index (χ0n) is 17.2. The predicted octanol–water partition coefficient (Wildman–Crippen LogP) is 3.13. The van der Waals surface area contributed by atoms with Crippen LogP contribution < -0.4 is 10.9 Å². The largest absolute Gasteiger partial charge is 0.279 e. The first-order valence-corrected chi connectivity index (χ1v) is 11.5. The van der Waals surface area contributed by atoms with Crippen molar-refractivity contribution in [2.24, 2.45) is 0 Å². The number of carbonyl (C=O) groups is 4. The van der Waals surface area contributed by atoms with E-state index in [0.717, 1.165) is 31.2 Å². The first-order chi connectivity index (χ1) is 15.0. The summed E-state index contributed by atoms with van der Waals surface area (Å²) in [6, 6.07) is 8.57. The van der Waals surface area contributed by atoms with Crippen LogP contribution in [0.3, 0.4) is 0 Å². The van der Waals surface area contributed by atoms with Crippen LogP contribution in [0.1, 0.15) is 74.6 Å². The summed E-state index contributed by atoms with van der Waals surface area (Å²) in [5.74, 6) is -1.08. The van der Waals surface area contributed by atoms with Gasteiger partial charge in [0.1, 0.15) is 0 Å². The number of nitrogens with one attached hydrogen (secondary N) is 2. The third kappa shape index (κ3) is 5.02. The van der Waals surface area contributed by atoms with E-state index >= 15 is 0 Å². The van der Waals surface area contributed by atoms with Crippen LogP contribution in [0.25, 0.3) is 0 Å². The topological polar surface area (TPSA) is 95.6 Å². The van der Waals surface area contributed by atoms with Crippen molar-refractivity contribution >= 4 is 35.0 Å². The Kier molecular flexibility index (Phi) is 6.46. The fourth-order valence-electron chi connectivity index (χ4n) is 3.95. The SMILES string of the molecule is O=C(NNC(=O)c1cc2c(s1)CCCCCC2)c1ccc(CN2C(=O)CCC2=O)cc1. The molecule has 2 aromatic rings. The van der Waals surface area contributed by atoms with Gasteiger partial charge in [-0.05, 0) is 55.0 Å². The van der Waals surface area contributed by atoms with Crippen LogP contribution in [-0.4, -0.2) is 28.5 Å². The molecule has 1 saturated heterocycles. The Morgan fingerprint density at radius 2 is 1.48 bits per heavy atom. The molecular formula is C23H25N3O4S. The van der Waals surface area contributed by atoms with Crippen molar-refractivity contribution in [2.45, 2.75) is 57.9 Å². The standard InChI is InChI=1S/C23H25N3O4S/c27-20-11-12-21(28)26(20)14-15-7-9-16(10-8-15)22(29)24-25-23(30)19-13-17-5-3-1-2-4-6-18(17)31-19/h7-10,13H,1-6,11-12,14H2,(H,24,29)(H,25,30). The Bertz CT molecular complexity index is 971. The van der Waals surface area contributed by atoms with Gasteiger partial charge in [0.15, 0.2) is 0 Å². The summed E-state index contributed by atoms with van der Waals surface area (Å²) in [6.45, 7) is 0.208. The Morgan fingerprint density at radius 1 is 0.839 bits per heavy atom. The van der Waals surface area contributed by atoms with E-state index in [4.69, 9.17) is 0 Å². The Balaban J connectivity index is 1.32. The van der Waals surface area contributed by atoms with Gasteiger partial charge >= 0.3 is 0 Å². The highest BCUT2D eigenvalue weighted by Crippen LogP contribution is 2.28. The lowest BCUT2D eigenvalue weighted by Gasteiger charge is -2.14. The normalized spacial score (nSPS) is 16.5. The predicted molar refractivity (Wildman–Crippen MR) is 116 cm³/mol. The second-order valence-corrected chi connectivity index (χ2v) is 9.09. The number of hydrogen-bond donors (Lipinski definition) is 2. The molecule has 31 heavy (non-hydrogen) atoms. The fraction of sp³-hybridized carbons (Fsp3) is 0.391. The fourth-order valence-corrected chi connectivity index (χ4v) is 5.10. The zero-order valence-corrected chi connectivity index (χ0v) is 18.1. The van der Waals surface area contributed by atoms with E-state index in [0.29, 0.717) is 10.4 Å². The molecule has 2 N–H and O–H groups in total. The molecule has 2 aliphatic rings. The van der Waals surface area contributed by atoms with E-state index in [9.17, 15) is 19.2 Å². The number of benzene rings is 1. The number of imide groups is 1. The molecule has 1 fully saturated rings. The van der Waals surface area contributed by atoms with Gasteiger partial charge in [-0.2, -0.15) is 0 Å². The van der Waals surface area contributed by atoms with E-state index < -0.39 is 5.91 Å². The highest BCUT2D eigenvalue weighted by atomic mass is 32.1. The molecule has 4 amide bonds. The van der Waals surface area contributed by atoms with Crippen LogP contribution in [0.5, 0.6) is 0 Å². The number of carbonyl (C=O) groups excluding carboxylic acids is 4. The van der Waals surface area contributed by atoms with E-state index in [1.54, 1.807) is 24.3 Å². The first kappa shape index (κ1) is 21.2. The molecule has 0 bridgehead atoms. The van der Waals surface area contributed by atoms with Crippen molar-refractivity contribution in [3.8, 4) is 0 Å². The molecule has 0 unspecified atom stereocenters. The lowest BCUT2D eigenvalue weighted by Crippen LogP contribution is -2.41. The molecular weight excluding hydrogens is 414 g/mol. The summed E-state index contributed by atoms with van der Waals surface area (Å²) in [7, 11) is 0. The Labute approximate surface area is 184 Å². The number of fused-ring (bicyclic) bond motifs is 1. The maximum atomic E-state index is 12.5. The second kappa shape index (κ2) is 9.43. The molecule has 0 saturated carbocycles. The molecule has 0 radical (unpaired) electrons. The molecule has 1 aliphatic carbocycles. The molecule has 0 spiro atoms. The Hall–Kier alpha value is -3.00. The maximum absolute atomic E-state index is 12.5. The van der Waals surface area contributed by atoms with Gasteiger partial charge in [0, 0.05) is 23.3 Å². The van der Waals surface area contributed by atoms with Gasteiger partial charge in [-0.25, -0.2) is 0 Å². The summed E-state index contributed by atoms with van der Waals surface area (Å²) in [6.07, 6.45) is 7.30. The zero-order chi connectivity index (χ0) is 21.8. The van der Waals surface area contributed by atoms with Gasteiger partial charge in [-0.15, -0.1) is 11.3 Å². The smallest absolute Gasteiger partial charge is 0.278 e. The highest BCUT2D eigenvalue weighted by Gasteiger charge is 2.28. The van der Waals surface area contributed by atoms with E-state index in [2.05, 4.69) is 10.9 Å². The first-order valence-electron chi connectivity index (χ1n) is 10.7. The molecule has 4 rings (SSSR count). The maximum Gasteiger partial charge on any atom is 0.279 e. The number of likely N-dealkylation sites (tertiary alicyclic amines) is 1. The molecule has 7 nitrogen and oxygen atoms in total. The van der Waals surface area contributed by atoms with Gasteiger partial charge in [0.2, 0.25) is 11.8 Å². The van der Waals surface area contributed by atoms with E-state index in [-0.39, 0.29) is 37.1 Å². The lowest BCUT2D eigenvalue weighted by atomic mass is 10.00. The highest BCUT2D eigenvalue weighted by molar-refractivity contribution is 7.14. The third-order valence-electron chi connectivity index (χ3n) is 5.72. The van der Waals surface area contributed by atoms with Gasteiger partial charge in [0.05, 0.1) is 11.4 Å². The average molecular weight is 440 g/mol. The van der Waals surface area contributed by atoms with Gasteiger partial charge in [-0.3, -0.25) is 34.9 Å². The molecule has 1 aromatic carbocycles. The molecule has 2 heterocycles. The second-order valence-electron chi connectivity index (χ2n) is 7.95. The quantitative estimate of drug-likeness (QED) is 0.565. The average Bonchev–Trinajstić information content (AvgIpc) is 3.29. The minimum Gasteiger partial charge on any atom is -0.278 e. The molecule has 1 aliphatic heterocycles. The molecule has 162 valence electrons. The van der Waals surface area contributed by atoms with Gasteiger partial charge in [-0.1, -0.05) is 25.0 Å². The van der Waals surface area contributed by atoms with Crippen LogP contribution in [0, 0.1) is 0 Å². The molecule has 0 atom stereocenters. The van der Waals surface area contributed by atoms with Gasteiger partial charge in [0.25, 0.3) is 11.8 Å². The number of amides is 4. The molecule has 1 aromatic heterocycles. The Morgan fingerprint density at radius 3 is 2.19 bits per heavy atom. The number of nitrogens with zero attached hydrogens (tertiary/aromatic N) is 1. The number of hydrazine groups is 1. The van der Waals surface area contributed by atoms with Crippen LogP contribution >= 0.6 is 11.3 Å². The summed E-state index contributed by atoms with van der Waals surface area (Å²) in [4.78, 5) is 51.5. The summed E-state index contributed by atoms with van der Waals surface area (Å²) in [5.41, 5.74) is 7.35. The summed E-state index contributed by atoms with van der Waals surface area (Å²) < 4.78 is 0. The van der Waals surface area contributed by atoms with Gasteiger partial charge < -0.3 is 0 Å². The lowest BCUT2D eigenvalue weighted by molar-refractivity contribution is -0.139. The van der Waals surface area contributed by atoms with E-state index in [1.807, 2.05) is 6.07 Å². The van der Waals surface area contributed by atoms with Crippen molar-refractivity contribution in [1.82, 2.24) is 15.8 Å². The van der Waals surface area contributed by atoms with E-state index in [1.165, 1.54) is 39.5 Å². The minimum atomic E-state index is -0.428. The minimum absolute atomic E-state index is 0.170. The van der Waals surface area contributed by atoms with Crippen molar-refractivity contribution in [1.29, 1.82) is 0 Å². The van der Waals surface area contributed by atoms with Crippen LogP contribution in [-0.2, 0) is 29.0 Å². The van der Waals surface area contributed by atoms with Crippen molar-refractivity contribution in [2.75, 3.05) is 0 Å². The van der Waals surface area contributed by atoms with Crippen LogP contribution in [0.4, 0.5) is 0 Å². The van der Waals surface area contributed by atoms with Crippen LogP contribution in [0.15, 0.2) is 30.3 Å². The number of hydrogen-bond acceptors (Lipinski definition) is 5. The third-order valence-corrected chi connectivity index (χ3v) is 6.96. The summed E-state index contributed by atoms with van der Waals surface area (Å²) >= 11 is 1.51. The van der Waals surface area contributed by atoms with Crippen LogP contribution in [0.2, 0.25) is 0 Å². The monoisotopic (exact) mass is 439 g/mol. The van der Waals surface area contributed by atoms with Crippen molar-refractivity contribution < 1.29 is 19.2 Å². The number of thiophene rings is 1.